The van der Waals surface area contributed by atoms with Gasteiger partial charge >= 0.3 is 0 Å². The molecular weight excluding hydrogens is 162 g/mol. The molecule has 1 fully saturated rings. The van der Waals surface area contributed by atoms with Gasteiger partial charge in [-0.2, -0.15) is 0 Å². The minimum Gasteiger partial charge on any atom is -0.381 e. The van der Waals surface area contributed by atoms with E-state index in [2.05, 4.69) is 12.1 Å². The first-order valence-electron chi connectivity index (χ1n) is 4.76. The number of ether oxygens (including phenoxy) is 1. The lowest BCUT2D eigenvalue weighted by Crippen LogP contribution is -2.21. The maximum atomic E-state index is 6.12. The third-order valence-corrected chi connectivity index (χ3v) is 2.66. The summed E-state index contributed by atoms with van der Waals surface area (Å²) in [5.41, 5.74) is 7.34. The molecule has 2 N–H and O–H groups in total. The smallest absolute Gasteiger partial charge is 0.0513 e. The van der Waals surface area contributed by atoms with Crippen LogP contribution in [-0.2, 0) is 4.74 Å². The molecule has 1 aromatic rings. The van der Waals surface area contributed by atoms with Crippen molar-refractivity contribution in [2.45, 2.75) is 12.5 Å². The van der Waals surface area contributed by atoms with Crippen LogP contribution < -0.4 is 5.73 Å². The molecule has 0 radical (unpaired) electrons. The Morgan fingerprint density at radius 2 is 2.08 bits per heavy atom. The van der Waals surface area contributed by atoms with Gasteiger partial charge < -0.3 is 10.5 Å². The molecular formula is C11H15NO. The van der Waals surface area contributed by atoms with Crippen molar-refractivity contribution in [1.82, 2.24) is 0 Å². The molecule has 2 unspecified atom stereocenters. The highest BCUT2D eigenvalue weighted by atomic mass is 16.5. The molecule has 1 aromatic carbocycles. The first-order chi connectivity index (χ1) is 6.38. The second-order valence-corrected chi connectivity index (χ2v) is 3.56. The van der Waals surface area contributed by atoms with E-state index in [1.807, 2.05) is 18.2 Å². The van der Waals surface area contributed by atoms with Gasteiger partial charge in [0.25, 0.3) is 0 Å². The summed E-state index contributed by atoms with van der Waals surface area (Å²) in [6.07, 6.45) is 1.09. The van der Waals surface area contributed by atoms with E-state index in [9.17, 15) is 0 Å². The molecule has 1 aliphatic heterocycles. The number of nitrogens with two attached hydrogens (primary N) is 1. The van der Waals surface area contributed by atoms with E-state index in [0.717, 1.165) is 19.6 Å². The third kappa shape index (κ3) is 1.90. The summed E-state index contributed by atoms with van der Waals surface area (Å²) in [5, 5.41) is 0. The summed E-state index contributed by atoms with van der Waals surface area (Å²) in [7, 11) is 0. The van der Waals surface area contributed by atoms with Gasteiger partial charge in [-0.3, -0.25) is 0 Å². The molecule has 2 nitrogen and oxygen atoms in total. The molecule has 70 valence electrons. The highest BCUT2D eigenvalue weighted by Gasteiger charge is 2.23. The van der Waals surface area contributed by atoms with Gasteiger partial charge in [0, 0.05) is 18.6 Å². The third-order valence-electron chi connectivity index (χ3n) is 2.66. The molecule has 0 aromatic heterocycles. The van der Waals surface area contributed by atoms with E-state index in [4.69, 9.17) is 10.5 Å². The van der Waals surface area contributed by atoms with Gasteiger partial charge in [0.1, 0.15) is 0 Å². The van der Waals surface area contributed by atoms with Crippen LogP contribution >= 0.6 is 0 Å². The van der Waals surface area contributed by atoms with Crippen LogP contribution in [0.2, 0.25) is 0 Å². The number of rotatable bonds is 2. The standard InChI is InChI=1S/C11H15NO/c12-11(10-6-7-13-8-10)9-4-2-1-3-5-9/h1-5,10-11H,6-8,12H2. The summed E-state index contributed by atoms with van der Waals surface area (Å²) in [6.45, 7) is 1.68. The summed E-state index contributed by atoms with van der Waals surface area (Å²) in [4.78, 5) is 0. The topological polar surface area (TPSA) is 35.2 Å². The van der Waals surface area contributed by atoms with E-state index in [0.29, 0.717) is 5.92 Å². The van der Waals surface area contributed by atoms with E-state index in [1.165, 1.54) is 5.56 Å². The molecule has 2 rings (SSSR count). The van der Waals surface area contributed by atoms with Crippen LogP contribution in [0, 0.1) is 5.92 Å². The predicted octanol–water partition coefficient (Wildman–Crippen LogP) is 1.72. The molecule has 2 heteroatoms. The van der Waals surface area contributed by atoms with Crippen LogP contribution in [-0.4, -0.2) is 13.2 Å². The second kappa shape index (κ2) is 3.90. The zero-order valence-electron chi connectivity index (χ0n) is 7.65. The van der Waals surface area contributed by atoms with Gasteiger partial charge in [0.2, 0.25) is 0 Å². The Kier molecular flexibility index (Phi) is 2.62. The van der Waals surface area contributed by atoms with Crippen LogP contribution in [0.1, 0.15) is 18.0 Å². The van der Waals surface area contributed by atoms with Gasteiger partial charge in [0.15, 0.2) is 0 Å². The molecule has 1 saturated heterocycles. The van der Waals surface area contributed by atoms with Crippen LogP contribution in [0.15, 0.2) is 30.3 Å². The maximum Gasteiger partial charge on any atom is 0.0513 e. The summed E-state index contributed by atoms with van der Waals surface area (Å²) in [6, 6.07) is 10.4. The maximum absolute atomic E-state index is 6.12. The van der Waals surface area contributed by atoms with Gasteiger partial charge in [-0.25, -0.2) is 0 Å². The van der Waals surface area contributed by atoms with Crippen LogP contribution in [0.25, 0.3) is 0 Å². The minimum atomic E-state index is 0.142. The van der Waals surface area contributed by atoms with Crippen molar-refractivity contribution < 1.29 is 4.74 Å². The lowest BCUT2D eigenvalue weighted by atomic mass is 9.93. The van der Waals surface area contributed by atoms with Crippen LogP contribution in [0.5, 0.6) is 0 Å². The van der Waals surface area contributed by atoms with Crippen LogP contribution in [0.3, 0.4) is 0 Å². The largest absolute Gasteiger partial charge is 0.381 e. The molecule has 0 amide bonds. The van der Waals surface area contributed by atoms with Crippen molar-refractivity contribution in [2.75, 3.05) is 13.2 Å². The fraction of sp³-hybridized carbons (Fsp3) is 0.455. The van der Waals surface area contributed by atoms with Crippen molar-refractivity contribution >= 4 is 0 Å². The lowest BCUT2D eigenvalue weighted by Gasteiger charge is -2.17. The van der Waals surface area contributed by atoms with Crippen LogP contribution in [0.4, 0.5) is 0 Å². The zero-order chi connectivity index (χ0) is 9.10. The Bertz CT molecular complexity index is 254. The SMILES string of the molecule is NC(c1ccccc1)C1CCOC1. The minimum absolute atomic E-state index is 0.142. The number of hydrogen-bond acceptors (Lipinski definition) is 2. The molecule has 2 atom stereocenters. The van der Waals surface area contributed by atoms with Gasteiger partial charge in [0.05, 0.1) is 6.61 Å². The van der Waals surface area contributed by atoms with E-state index in [-0.39, 0.29) is 6.04 Å². The predicted molar refractivity (Wildman–Crippen MR) is 52.3 cm³/mol. The number of hydrogen-bond donors (Lipinski definition) is 1. The van der Waals surface area contributed by atoms with E-state index in [1.54, 1.807) is 0 Å². The zero-order valence-corrected chi connectivity index (χ0v) is 7.65. The summed E-state index contributed by atoms with van der Waals surface area (Å²) in [5.74, 6) is 0.502. The van der Waals surface area contributed by atoms with E-state index >= 15 is 0 Å². The van der Waals surface area contributed by atoms with Crippen molar-refractivity contribution in [3.8, 4) is 0 Å². The number of benzene rings is 1. The summed E-state index contributed by atoms with van der Waals surface area (Å²) < 4.78 is 5.32. The fourth-order valence-electron chi connectivity index (χ4n) is 1.78. The van der Waals surface area contributed by atoms with Crippen molar-refractivity contribution in [3.63, 3.8) is 0 Å². The molecule has 0 aliphatic carbocycles. The van der Waals surface area contributed by atoms with Crippen molar-refractivity contribution in [3.05, 3.63) is 35.9 Å². The fourth-order valence-corrected chi connectivity index (χ4v) is 1.78. The molecule has 0 bridgehead atoms. The first-order valence-corrected chi connectivity index (χ1v) is 4.76. The Morgan fingerprint density at radius 3 is 2.69 bits per heavy atom. The Hall–Kier alpha value is -0.860. The lowest BCUT2D eigenvalue weighted by molar-refractivity contribution is 0.181. The Morgan fingerprint density at radius 1 is 1.31 bits per heavy atom. The highest BCUT2D eigenvalue weighted by molar-refractivity contribution is 5.19. The van der Waals surface area contributed by atoms with Crippen molar-refractivity contribution in [1.29, 1.82) is 0 Å². The normalized spacial score (nSPS) is 24.5. The monoisotopic (exact) mass is 177 g/mol. The van der Waals surface area contributed by atoms with Gasteiger partial charge in [-0.15, -0.1) is 0 Å². The highest BCUT2D eigenvalue weighted by Crippen LogP contribution is 2.26. The molecule has 13 heavy (non-hydrogen) atoms. The quantitative estimate of drug-likeness (QED) is 0.746. The van der Waals surface area contributed by atoms with E-state index < -0.39 is 0 Å². The van der Waals surface area contributed by atoms with Gasteiger partial charge in [-0.1, -0.05) is 30.3 Å². The Labute approximate surface area is 78.7 Å². The molecule has 0 spiro atoms. The molecule has 1 aliphatic rings. The van der Waals surface area contributed by atoms with Crippen molar-refractivity contribution in [2.24, 2.45) is 11.7 Å². The summed E-state index contributed by atoms with van der Waals surface area (Å²) >= 11 is 0. The average Bonchev–Trinajstić information content (AvgIpc) is 2.71. The van der Waals surface area contributed by atoms with Gasteiger partial charge in [-0.05, 0) is 12.0 Å². The average molecular weight is 177 g/mol. The molecule has 1 heterocycles. The first kappa shape index (κ1) is 8.73. The molecule has 0 saturated carbocycles. The Balaban J connectivity index is 2.08. The second-order valence-electron chi connectivity index (χ2n) is 3.56.